The van der Waals surface area contributed by atoms with Crippen molar-refractivity contribution in [1.82, 2.24) is 15.0 Å². The van der Waals surface area contributed by atoms with Crippen LogP contribution in [0.25, 0.3) is 5.57 Å². The molecule has 1 aliphatic carbocycles. The maximum Gasteiger partial charge on any atom is 0.291 e. The highest BCUT2D eigenvalue weighted by atomic mass is 35.5. The molecular weight excluding hydrogens is 414 g/mol. The molecule has 0 bridgehead atoms. The molecule has 0 unspecified atom stereocenters. The third-order valence-corrected chi connectivity index (χ3v) is 5.99. The van der Waals surface area contributed by atoms with Crippen LogP contribution in [-0.4, -0.2) is 34.1 Å². The summed E-state index contributed by atoms with van der Waals surface area (Å²) in [5.74, 6) is 0.117. The fourth-order valence-electron chi connectivity index (χ4n) is 4.01. The number of nitrogens with one attached hydrogen (secondary N) is 2. The zero-order chi connectivity index (χ0) is 21.1. The number of anilines is 1. The molecule has 0 radical (unpaired) electrons. The van der Waals surface area contributed by atoms with Gasteiger partial charge in [-0.3, -0.25) is 9.78 Å². The third-order valence-electron chi connectivity index (χ3n) is 5.99. The molecule has 4 rings (SSSR count). The Balaban J connectivity index is 0.00000272. The Hall–Kier alpha value is -2.69. The number of halogens is 1. The van der Waals surface area contributed by atoms with Crippen LogP contribution in [0, 0.1) is 16.7 Å². The van der Waals surface area contributed by atoms with Gasteiger partial charge in [0.2, 0.25) is 0 Å². The van der Waals surface area contributed by atoms with Gasteiger partial charge in [-0.1, -0.05) is 19.9 Å². The fourth-order valence-corrected chi connectivity index (χ4v) is 4.01. The molecule has 2 aromatic rings. The van der Waals surface area contributed by atoms with Crippen LogP contribution < -0.4 is 5.32 Å². The summed E-state index contributed by atoms with van der Waals surface area (Å²) in [6.45, 7) is 6.07. The summed E-state index contributed by atoms with van der Waals surface area (Å²) in [7, 11) is 0. The number of allylic oxidation sites excluding steroid dienone is 2. The fraction of sp³-hybridized carbons (Fsp3) is 0.478. The van der Waals surface area contributed by atoms with Crippen LogP contribution >= 0.6 is 12.4 Å². The number of carbonyl (C=O) groups excluding carboxylic acids is 1. The van der Waals surface area contributed by atoms with E-state index >= 15 is 0 Å². The zero-order valence-electron chi connectivity index (χ0n) is 17.9. The molecule has 2 aromatic heterocycles. The number of H-pyrrole nitrogens is 1. The number of imidazole rings is 1. The number of nitriles is 1. The van der Waals surface area contributed by atoms with Crippen LogP contribution in [0.2, 0.25) is 0 Å². The molecule has 0 spiro atoms. The lowest BCUT2D eigenvalue weighted by molar-refractivity contribution is 0.0845. The molecular formula is C23H28ClN5O2. The van der Waals surface area contributed by atoms with E-state index in [1.54, 1.807) is 0 Å². The van der Waals surface area contributed by atoms with Gasteiger partial charge >= 0.3 is 0 Å². The van der Waals surface area contributed by atoms with Crippen molar-refractivity contribution in [3.63, 3.8) is 0 Å². The topological polar surface area (TPSA) is 104 Å². The minimum Gasteiger partial charge on any atom is -0.381 e. The first-order valence-corrected chi connectivity index (χ1v) is 10.5. The smallest absolute Gasteiger partial charge is 0.291 e. The Morgan fingerprint density at radius 1 is 1.32 bits per heavy atom. The van der Waals surface area contributed by atoms with Crippen molar-refractivity contribution < 1.29 is 9.53 Å². The number of aromatic amines is 1. The van der Waals surface area contributed by atoms with E-state index in [0.29, 0.717) is 11.6 Å². The van der Waals surface area contributed by atoms with E-state index in [1.165, 1.54) is 11.8 Å². The van der Waals surface area contributed by atoms with Crippen LogP contribution in [-0.2, 0) is 4.74 Å². The van der Waals surface area contributed by atoms with Gasteiger partial charge in [-0.2, -0.15) is 5.26 Å². The Kier molecular flexibility index (Phi) is 7.14. The van der Waals surface area contributed by atoms with E-state index in [0.717, 1.165) is 56.7 Å². The van der Waals surface area contributed by atoms with Crippen molar-refractivity contribution in [2.75, 3.05) is 18.5 Å². The summed E-state index contributed by atoms with van der Waals surface area (Å²) in [4.78, 5) is 24.4. The van der Waals surface area contributed by atoms with Crippen molar-refractivity contribution in [2.24, 2.45) is 5.41 Å². The number of pyridine rings is 1. The Bertz CT molecular complexity index is 1020. The van der Waals surface area contributed by atoms with Crippen molar-refractivity contribution in [3.8, 4) is 6.07 Å². The molecule has 2 aliphatic rings. The zero-order valence-corrected chi connectivity index (χ0v) is 18.7. The summed E-state index contributed by atoms with van der Waals surface area (Å²) >= 11 is 0. The van der Waals surface area contributed by atoms with E-state index in [-0.39, 0.29) is 35.2 Å². The minimum absolute atomic E-state index is 0. The number of ether oxygens (including phenoxy) is 1. The number of aromatic nitrogens is 3. The molecule has 31 heavy (non-hydrogen) atoms. The van der Waals surface area contributed by atoms with Gasteiger partial charge in [0.05, 0.1) is 17.6 Å². The van der Waals surface area contributed by atoms with Gasteiger partial charge in [0.25, 0.3) is 5.91 Å². The number of rotatable bonds is 4. The predicted molar refractivity (Wildman–Crippen MR) is 121 cm³/mol. The maximum atomic E-state index is 12.7. The van der Waals surface area contributed by atoms with E-state index in [1.807, 2.05) is 18.2 Å². The molecule has 0 aromatic carbocycles. The van der Waals surface area contributed by atoms with Crippen LogP contribution in [0.4, 0.5) is 5.69 Å². The maximum absolute atomic E-state index is 12.7. The number of hydrogen-bond donors (Lipinski definition) is 2. The molecule has 0 atom stereocenters. The van der Waals surface area contributed by atoms with Crippen LogP contribution in [0.5, 0.6) is 0 Å². The second kappa shape index (κ2) is 9.63. The second-order valence-corrected chi connectivity index (χ2v) is 8.83. The monoisotopic (exact) mass is 441 g/mol. The van der Waals surface area contributed by atoms with E-state index in [4.69, 9.17) is 15.0 Å². The van der Waals surface area contributed by atoms with Gasteiger partial charge in [-0.05, 0) is 55.2 Å². The second-order valence-electron chi connectivity index (χ2n) is 8.83. The first-order valence-electron chi connectivity index (χ1n) is 10.5. The number of carbonyl (C=O) groups is 1. The largest absolute Gasteiger partial charge is 0.381 e. The van der Waals surface area contributed by atoms with Gasteiger partial charge in [-0.15, -0.1) is 12.4 Å². The number of nitrogens with zero attached hydrogens (tertiary/aromatic N) is 3. The Morgan fingerprint density at radius 3 is 2.74 bits per heavy atom. The first-order chi connectivity index (χ1) is 14.4. The van der Waals surface area contributed by atoms with Crippen molar-refractivity contribution in [3.05, 3.63) is 47.3 Å². The molecule has 8 heteroatoms. The summed E-state index contributed by atoms with van der Waals surface area (Å²) in [5.41, 5.74) is 4.29. The minimum atomic E-state index is -0.380. The molecule has 1 amide bonds. The highest BCUT2D eigenvalue weighted by molar-refractivity contribution is 6.03. The SMILES string of the molecule is CC1(C)CC=C(c2nc(C3CCOCC3)ccc2NC(=O)c2ncc(C#N)[nH]2)CC1.Cl. The van der Waals surface area contributed by atoms with Crippen molar-refractivity contribution >= 4 is 29.6 Å². The highest BCUT2D eigenvalue weighted by Gasteiger charge is 2.26. The Morgan fingerprint density at radius 2 is 2.10 bits per heavy atom. The van der Waals surface area contributed by atoms with Crippen LogP contribution in [0.15, 0.2) is 24.4 Å². The molecule has 3 heterocycles. The lowest BCUT2D eigenvalue weighted by atomic mass is 9.77. The predicted octanol–water partition coefficient (Wildman–Crippen LogP) is 4.84. The molecule has 1 fully saturated rings. The number of amides is 1. The molecule has 0 saturated carbocycles. The van der Waals surface area contributed by atoms with Gasteiger partial charge in [0.15, 0.2) is 5.82 Å². The van der Waals surface area contributed by atoms with Gasteiger partial charge in [0, 0.05) is 24.8 Å². The normalized spacial score (nSPS) is 18.4. The van der Waals surface area contributed by atoms with Crippen LogP contribution in [0.1, 0.15) is 79.6 Å². The summed E-state index contributed by atoms with van der Waals surface area (Å²) in [6.07, 6.45) is 8.55. The summed E-state index contributed by atoms with van der Waals surface area (Å²) < 4.78 is 5.50. The number of hydrogen-bond acceptors (Lipinski definition) is 5. The molecule has 7 nitrogen and oxygen atoms in total. The molecule has 1 aliphatic heterocycles. The average molecular weight is 442 g/mol. The molecule has 164 valence electrons. The summed E-state index contributed by atoms with van der Waals surface area (Å²) in [5, 5.41) is 11.9. The standard InChI is InChI=1S/C23H27N5O2.ClH/c1-23(2)9-5-16(6-10-23)20-19(28-22(29)21-25-14-17(13-24)26-21)4-3-18(27-20)15-7-11-30-12-8-15;/h3-5,14-15H,6-12H2,1-2H3,(H,25,26)(H,28,29);1H. The molecule has 1 saturated heterocycles. The van der Waals surface area contributed by atoms with Gasteiger partial charge < -0.3 is 15.0 Å². The van der Waals surface area contributed by atoms with Crippen molar-refractivity contribution in [1.29, 1.82) is 5.26 Å². The van der Waals surface area contributed by atoms with Crippen LogP contribution in [0.3, 0.4) is 0 Å². The van der Waals surface area contributed by atoms with E-state index in [2.05, 4.69) is 35.2 Å². The first kappa shape index (κ1) is 23.0. The average Bonchev–Trinajstić information content (AvgIpc) is 3.24. The third kappa shape index (κ3) is 5.33. The lowest BCUT2D eigenvalue weighted by Crippen LogP contribution is -2.19. The molecule has 2 N–H and O–H groups in total. The van der Waals surface area contributed by atoms with Crippen molar-refractivity contribution in [2.45, 2.75) is 51.9 Å². The quantitative estimate of drug-likeness (QED) is 0.706. The van der Waals surface area contributed by atoms with Gasteiger partial charge in [-0.25, -0.2) is 4.98 Å². The van der Waals surface area contributed by atoms with E-state index in [9.17, 15) is 4.79 Å². The summed E-state index contributed by atoms with van der Waals surface area (Å²) in [6, 6.07) is 5.90. The highest BCUT2D eigenvalue weighted by Crippen LogP contribution is 2.40. The van der Waals surface area contributed by atoms with E-state index < -0.39 is 0 Å². The van der Waals surface area contributed by atoms with Gasteiger partial charge in [0.1, 0.15) is 11.8 Å². The lowest BCUT2D eigenvalue weighted by Gasteiger charge is -2.29. The Labute approximate surface area is 188 Å².